The van der Waals surface area contributed by atoms with Crippen LogP contribution in [0.15, 0.2) is 65.9 Å². The van der Waals surface area contributed by atoms with E-state index in [2.05, 4.69) is 5.16 Å². The Balaban J connectivity index is 2.15. The zero-order chi connectivity index (χ0) is 16.9. The van der Waals surface area contributed by atoms with Crippen LogP contribution in [0, 0.1) is 11.3 Å². The lowest BCUT2D eigenvalue weighted by atomic mass is 10.1. The Labute approximate surface area is 139 Å². The number of aromatic nitrogens is 1. The number of hydrogen-bond donors (Lipinski definition) is 0. The first-order chi connectivity index (χ1) is 11.7. The van der Waals surface area contributed by atoms with Gasteiger partial charge in [0.15, 0.2) is 5.71 Å². The van der Waals surface area contributed by atoms with Crippen LogP contribution in [-0.4, -0.2) is 16.2 Å². The highest BCUT2D eigenvalue weighted by molar-refractivity contribution is 6.18. The van der Waals surface area contributed by atoms with Crippen molar-refractivity contribution in [2.24, 2.45) is 5.16 Å². The quantitative estimate of drug-likeness (QED) is 0.417. The third kappa shape index (κ3) is 2.90. The van der Waals surface area contributed by atoms with E-state index in [4.69, 9.17) is 4.84 Å². The van der Waals surface area contributed by atoms with Gasteiger partial charge < -0.3 is 9.40 Å². The van der Waals surface area contributed by atoms with Crippen molar-refractivity contribution in [2.75, 3.05) is 0 Å². The van der Waals surface area contributed by atoms with Crippen LogP contribution in [0.25, 0.3) is 16.6 Å². The Morgan fingerprint density at radius 2 is 1.88 bits per heavy atom. The summed E-state index contributed by atoms with van der Waals surface area (Å²) < 4.78 is 1.99. The van der Waals surface area contributed by atoms with Gasteiger partial charge in [-0.3, -0.25) is 0 Å². The first-order valence-electron chi connectivity index (χ1n) is 7.58. The summed E-state index contributed by atoms with van der Waals surface area (Å²) in [5.41, 5.74) is 2.62. The van der Waals surface area contributed by atoms with Gasteiger partial charge in [0.2, 0.25) is 0 Å². The number of nitriles is 1. The Kier molecular flexibility index (Phi) is 4.39. The predicted molar refractivity (Wildman–Crippen MR) is 91.8 cm³/mol. The van der Waals surface area contributed by atoms with Gasteiger partial charge >= 0.3 is 5.97 Å². The SMILES string of the molecule is CCC(=O)O/N=C(\C#N)c1cn(-c2ccccc2)c2ccccc12. The monoisotopic (exact) mass is 317 g/mol. The molecule has 1 heterocycles. The maximum atomic E-state index is 11.3. The van der Waals surface area contributed by atoms with Crippen LogP contribution in [0.5, 0.6) is 0 Å². The smallest absolute Gasteiger partial charge is 0.317 e. The van der Waals surface area contributed by atoms with Crippen LogP contribution in [0.4, 0.5) is 0 Å². The lowest BCUT2D eigenvalue weighted by Crippen LogP contribution is -2.02. The number of para-hydroxylation sites is 2. The molecule has 3 aromatic rings. The fraction of sp³-hybridized carbons (Fsp3) is 0.105. The van der Waals surface area contributed by atoms with Gasteiger partial charge in [-0.1, -0.05) is 48.5 Å². The highest BCUT2D eigenvalue weighted by Gasteiger charge is 2.15. The molecule has 0 unspecified atom stereocenters. The number of carbonyl (C=O) groups excluding carboxylic acids is 1. The summed E-state index contributed by atoms with van der Waals surface area (Å²) in [5, 5.41) is 14.0. The topological polar surface area (TPSA) is 67.4 Å². The molecule has 0 aliphatic rings. The number of nitrogens with zero attached hydrogens (tertiary/aromatic N) is 3. The van der Waals surface area contributed by atoms with Gasteiger partial charge in [-0.15, -0.1) is 0 Å². The van der Waals surface area contributed by atoms with E-state index in [0.29, 0.717) is 5.56 Å². The largest absolute Gasteiger partial charge is 0.334 e. The van der Waals surface area contributed by atoms with Crippen LogP contribution in [0.2, 0.25) is 0 Å². The number of fused-ring (bicyclic) bond motifs is 1. The summed E-state index contributed by atoms with van der Waals surface area (Å²) in [7, 11) is 0. The molecule has 0 saturated carbocycles. The summed E-state index contributed by atoms with van der Waals surface area (Å²) in [6, 6.07) is 19.5. The van der Waals surface area contributed by atoms with E-state index in [0.717, 1.165) is 16.6 Å². The van der Waals surface area contributed by atoms with Crippen LogP contribution < -0.4 is 0 Å². The first kappa shape index (κ1) is 15.5. The van der Waals surface area contributed by atoms with E-state index in [9.17, 15) is 10.1 Å². The zero-order valence-corrected chi connectivity index (χ0v) is 13.1. The van der Waals surface area contributed by atoms with E-state index >= 15 is 0 Å². The lowest BCUT2D eigenvalue weighted by Gasteiger charge is -2.04. The van der Waals surface area contributed by atoms with Crippen molar-refractivity contribution >= 4 is 22.6 Å². The minimum Gasteiger partial charge on any atom is -0.317 e. The fourth-order valence-electron chi connectivity index (χ4n) is 2.46. The molecule has 5 nitrogen and oxygen atoms in total. The molecule has 1 aromatic heterocycles. The number of carbonyl (C=O) groups is 1. The minimum absolute atomic E-state index is 0.0719. The Hall–Kier alpha value is -3.39. The third-order valence-electron chi connectivity index (χ3n) is 3.63. The molecule has 0 bridgehead atoms. The minimum atomic E-state index is -0.477. The molecule has 0 N–H and O–H groups in total. The summed E-state index contributed by atoms with van der Waals surface area (Å²) in [5.74, 6) is -0.477. The molecular weight excluding hydrogens is 302 g/mol. The van der Waals surface area contributed by atoms with Crippen molar-refractivity contribution in [2.45, 2.75) is 13.3 Å². The molecular formula is C19H15N3O2. The summed E-state index contributed by atoms with van der Waals surface area (Å²) in [4.78, 5) is 16.1. The van der Waals surface area contributed by atoms with E-state index in [-0.39, 0.29) is 12.1 Å². The Morgan fingerprint density at radius 1 is 1.17 bits per heavy atom. The zero-order valence-electron chi connectivity index (χ0n) is 13.1. The average Bonchev–Trinajstić information content (AvgIpc) is 3.02. The van der Waals surface area contributed by atoms with E-state index in [1.54, 1.807) is 6.92 Å². The van der Waals surface area contributed by atoms with Crippen molar-refractivity contribution in [3.05, 3.63) is 66.4 Å². The standard InChI is InChI=1S/C19H15N3O2/c1-2-19(23)24-21-17(12-20)16-13-22(14-8-4-3-5-9-14)18-11-7-6-10-15(16)18/h3-11,13H,2H2,1H3/b21-17+. The molecule has 118 valence electrons. The molecule has 3 rings (SSSR count). The molecule has 24 heavy (non-hydrogen) atoms. The van der Waals surface area contributed by atoms with Crippen molar-refractivity contribution in [3.8, 4) is 11.8 Å². The second-order valence-corrected chi connectivity index (χ2v) is 5.13. The Bertz CT molecular complexity index is 950. The number of rotatable bonds is 4. The highest BCUT2D eigenvalue weighted by atomic mass is 16.7. The van der Waals surface area contributed by atoms with Gasteiger partial charge in [0.25, 0.3) is 0 Å². The molecule has 0 saturated heterocycles. The van der Waals surface area contributed by atoms with Crippen LogP contribution in [0.1, 0.15) is 18.9 Å². The molecule has 0 aliphatic heterocycles. The highest BCUT2D eigenvalue weighted by Crippen LogP contribution is 2.25. The van der Waals surface area contributed by atoms with Crippen molar-refractivity contribution in [3.63, 3.8) is 0 Å². The van der Waals surface area contributed by atoms with Gasteiger partial charge in [0.1, 0.15) is 6.07 Å². The molecule has 0 atom stereocenters. The van der Waals surface area contributed by atoms with Crippen molar-refractivity contribution in [1.82, 2.24) is 4.57 Å². The second kappa shape index (κ2) is 6.80. The molecule has 2 aromatic carbocycles. The van der Waals surface area contributed by atoms with Gasteiger partial charge in [0, 0.05) is 29.3 Å². The van der Waals surface area contributed by atoms with Gasteiger partial charge in [-0.05, 0) is 18.2 Å². The molecule has 5 heteroatoms. The first-order valence-corrected chi connectivity index (χ1v) is 7.58. The lowest BCUT2D eigenvalue weighted by molar-refractivity contribution is -0.143. The van der Waals surface area contributed by atoms with E-state index in [1.165, 1.54) is 0 Å². The maximum Gasteiger partial charge on any atom is 0.334 e. The summed E-state index contributed by atoms with van der Waals surface area (Å²) in [6.45, 7) is 1.67. The molecule has 0 amide bonds. The third-order valence-corrected chi connectivity index (χ3v) is 3.63. The van der Waals surface area contributed by atoms with Crippen molar-refractivity contribution in [1.29, 1.82) is 5.26 Å². The van der Waals surface area contributed by atoms with Crippen LogP contribution in [0.3, 0.4) is 0 Å². The molecule has 0 fully saturated rings. The van der Waals surface area contributed by atoms with Crippen molar-refractivity contribution < 1.29 is 9.63 Å². The average molecular weight is 317 g/mol. The van der Waals surface area contributed by atoms with Crippen LogP contribution in [-0.2, 0) is 9.63 Å². The predicted octanol–water partition coefficient (Wildman–Crippen LogP) is 3.81. The van der Waals surface area contributed by atoms with Crippen LogP contribution >= 0.6 is 0 Å². The second-order valence-electron chi connectivity index (χ2n) is 5.13. The number of oxime groups is 1. The van der Waals surface area contributed by atoms with Gasteiger partial charge in [-0.25, -0.2) is 4.79 Å². The summed E-state index contributed by atoms with van der Waals surface area (Å²) >= 11 is 0. The van der Waals surface area contributed by atoms with Gasteiger partial charge in [0.05, 0.1) is 5.52 Å². The summed E-state index contributed by atoms with van der Waals surface area (Å²) in [6.07, 6.45) is 2.04. The molecule has 0 aliphatic carbocycles. The van der Waals surface area contributed by atoms with Gasteiger partial charge in [-0.2, -0.15) is 5.26 Å². The van der Waals surface area contributed by atoms with E-state index in [1.807, 2.05) is 71.4 Å². The number of benzene rings is 2. The van der Waals surface area contributed by atoms with E-state index < -0.39 is 5.97 Å². The normalized spacial score (nSPS) is 11.2. The molecule has 0 radical (unpaired) electrons. The number of hydrogen-bond acceptors (Lipinski definition) is 4. The maximum absolute atomic E-state index is 11.3. The molecule has 0 spiro atoms. The Morgan fingerprint density at radius 3 is 2.58 bits per heavy atom. The fourth-order valence-corrected chi connectivity index (χ4v) is 2.46.